The van der Waals surface area contributed by atoms with Crippen molar-refractivity contribution in [3.63, 3.8) is 0 Å². The minimum Gasteiger partial charge on any atom is -0.370 e. The van der Waals surface area contributed by atoms with E-state index in [0.29, 0.717) is 24.7 Å². The minimum absolute atomic E-state index is 0.159. The van der Waals surface area contributed by atoms with Crippen molar-refractivity contribution in [1.29, 1.82) is 0 Å². The monoisotopic (exact) mass is 314 g/mol. The van der Waals surface area contributed by atoms with E-state index in [1.165, 1.54) is 11.1 Å². The van der Waals surface area contributed by atoms with Crippen LogP contribution in [0.4, 0.5) is 4.39 Å². The molecule has 9 heteroatoms. The molecule has 0 unspecified atom stereocenters. The van der Waals surface area contributed by atoms with E-state index < -0.39 is 6.67 Å². The third-order valence-corrected chi connectivity index (χ3v) is 3.01. The van der Waals surface area contributed by atoms with E-state index >= 15 is 0 Å². The lowest BCUT2D eigenvalue weighted by molar-refractivity contribution is 0.104. The number of hydrogen-bond acceptors (Lipinski definition) is 7. The predicted octanol–water partition coefficient (Wildman–Crippen LogP) is 1.21. The highest BCUT2D eigenvalue weighted by molar-refractivity contribution is 5.53. The molecule has 0 aliphatic carbocycles. The van der Waals surface area contributed by atoms with Crippen LogP contribution in [0.5, 0.6) is 0 Å². The van der Waals surface area contributed by atoms with Crippen LogP contribution in [0.2, 0.25) is 0 Å². The van der Waals surface area contributed by atoms with Gasteiger partial charge in [0.05, 0.1) is 26.0 Å². The Bertz CT molecular complexity index is 732. The summed E-state index contributed by atoms with van der Waals surface area (Å²) in [6, 6.07) is 7.61. The first-order valence-electron chi connectivity index (χ1n) is 6.97. The highest BCUT2D eigenvalue weighted by atomic mass is 18.2. The Labute approximate surface area is 131 Å². The molecule has 8 nitrogen and oxygen atoms in total. The van der Waals surface area contributed by atoms with Crippen molar-refractivity contribution in [1.82, 2.24) is 35.4 Å². The summed E-state index contributed by atoms with van der Waals surface area (Å²) in [6.45, 7) is 0.427. The summed E-state index contributed by atoms with van der Waals surface area (Å²) in [4.78, 5) is 1.31. The maximum atomic E-state index is 12.2. The van der Waals surface area contributed by atoms with E-state index in [2.05, 4.69) is 30.6 Å². The third kappa shape index (κ3) is 4.10. The third-order valence-electron chi connectivity index (χ3n) is 3.01. The molecule has 0 bridgehead atoms. The van der Waals surface area contributed by atoms with E-state index in [1.807, 2.05) is 24.3 Å². The number of hydrogen-bond donors (Lipinski definition) is 0. The van der Waals surface area contributed by atoms with Crippen molar-refractivity contribution in [2.75, 3.05) is 6.67 Å². The summed E-state index contributed by atoms with van der Waals surface area (Å²) in [6.07, 6.45) is 2.86. The summed E-state index contributed by atoms with van der Waals surface area (Å²) < 4.78 is 17.7. The Morgan fingerprint density at radius 2 is 1.83 bits per heavy atom. The smallest absolute Gasteiger partial charge is 0.203 e. The second kappa shape index (κ2) is 7.45. The van der Waals surface area contributed by atoms with Gasteiger partial charge in [0.25, 0.3) is 0 Å². The van der Waals surface area contributed by atoms with Crippen molar-refractivity contribution < 1.29 is 9.13 Å². The number of rotatable bonds is 7. The van der Waals surface area contributed by atoms with Gasteiger partial charge >= 0.3 is 0 Å². The lowest BCUT2D eigenvalue weighted by atomic mass is 10.1. The molecular weight excluding hydrogens is 300 g/mol. The van der Waals surface area contributed by atoms with Crippen molar-refractivity contribution >= 4 is 0 Å². The number of halogens is 1. The molecule has 23 heavy (non-hydrogen) atoms. The number of ether oxygens (including phenoxy) is 1. The van der Waals surface area contributed by atoms with Crippen LogP contribution < -0.4 is 0 Å². The number of nitrogens with zero attached hydrogens (tertiary/aromatic N) is 7. The second-order valence-electron chi connectivity index (χ2n) is 4.68. The number of aryl methyl sites for hydroxylation is 1. The van der Waals surface area contributed by atoms with E-state index in [4.69, 9.17) is 4.74 Å². The molecular formula is C14H14FN7O. The Morgan fingerprint density at radius 1 is 1.04 bits per heavy atom. The fraction of sp³-hybridized carbons (Fsp3) is 0.286. The molecule has 0 fully saturated rings. The highest BCUT2D eigenvalue weighted by Gasteiger charge is 2.03. The average molecular weight is 314 g/mol. The molecule has 0 saturated carbocycles. The summed E-state index contributed by atoms with van der Waals surface area (Å²) in [7, 11) is 0. The zero-order valence-electron chi connectivity index (χ0n) is 12.2. The molecule has 0 N–H and O–H groups in total. The standard InChI is InChI=1S/C14H14FN7O/c15-5-6-22-18-7-13(21-22)9-23-8-11-1-3-12(4-2-11)14-19-16-10-17-20-14/h1-4,7,10H,5-6,8-9H2/i15-1. The second-order valence-corrected chi connectivity index (χ2v) is 4.68. The molecule has 0 aliphatic heterocycles. The summed E-state index contributed by atoms with van der Waals surface area (Å²) >= 11 is 0. The molecule has 3 aromatic rings. The van der Waals surface area contributed by atoms with Gasteiger partial charge in [0.2, 0.25) is 5.82 Å². The van der Waals surface area contributed by atoms with Crippen LogP contribution in [-0.2, 0) is 24.5 Å². The van der Waals surface area contributed by atoms with Crippen molar-refractivity contribution in [2.45, 2.75) is 19.8 Å². The van der Waals surface area contributed by atoms with Gasteiger partial charge in [-0.15, -0.1) is 20.4 Å². The van der Waals surface area contributed by atoms with Crippen LogP contribution in [0.15, 0.2) is 36.8 Å². The first kappa shape index (κ1) is 15.1. The molecule has 2 heterocycles. The Balaban J connectivity index is 1.52. The van der Waals surface area contributed by atoms with Crippen molar-refractivity contribution in [2.24, 2.45) is 0 Å². The zero-order valence-corrected chi connectivity index (χ0v) is 12.2. The molecule has 2 aromatic heterocycles. The van der Waals surface area contributed by atoms with Gasteiger partial charge in [0, 0.05) is 5.56 Å². The van der Waals surface area contributed by atoms with E-state index in [9.17, 15) is 4.39 Å². The molecule has 0 saturated heterocycles. The van der Waals surface area contributed by atoms with Crippen molar-refractivity contribution in [3.8, 4) is 11.4 Å². The van der Waals surface area contributed by atoms with Crippen molar-refractivity contribution in [3.05, 3.63) is 48.0 Å². The van der Waals surface area contributed by atoms with Gasteiger partial charge in [-0.05, 0) is 5.56 Å². The fourth-order valence-electron chi connectivity index (χ4n) is 1.93. The summed E-state index contributed by atoms with van der Waals surface area (Å²) in [5, 5.41) is 23.2. The molecule has 118 valence electrons. The lowest BCUT2D eigenvalue weighted by Crippen LogP contribution is -2.04. The molecule has 0 amide bonds. The predicted molar refractivity (Wildman–Crippen MR) is 77.5 cm³/mol. The van der Waals surface area contributed by atoms with Gasteiger partial charge in [-0.25, -0.2) is 4.39 Å². The number of aromatic nitrogens is 7. The van der Waals surface area contributed by atoms with Crippen LogP contribution in [0.1, 0.15) is 11.3 Å². The number of benzene rings is 1. The molecule has 0 atom stereocenters. The van der Waals surface area contributed by atoms with Gasteiger partial charge in [-0.1, -0.05) is 24.3 Å². The zero-order chi connectivity index (χ0) is 15.9. The largest absolute Gasteiger partial charge is 0.370 e. The highest BCUT2D eigenvalue weighted by Crippen LogP contribution is 2.14. The molecule has 0 spiro atoms. The van der Waals surface area contributed by atoms with Crippen LogP contribution in [0.25, 0.3) is 11.4 Å². The molecule has 3 rings (SSSR count). The summed E-state index contributed by atoms with van der Waals surface area (Å²) in [5.74, 6) is 0.476. The fourth-order valence-corrected chi connectivity index (χ4v) is 1.93. The summed E-state index contributed by atoms with van der Waals surface area (Å²) in [5.41, 5.74) is 2.51. The van der Waals surface area contributed by atoms with E-state index in [-0.39, 0.29) is 6.54 Å². The van der Waals surface area contributed by atoms with Crippen LogP contribution in [0, 0.1) is 0 Å². The van der Waals surface area contributed by atoms with Gasteiger partial charge in [0.15, 0.2) is 6.33 Å². The van der Waals surface area contributed by atoms with Gasteiger partial charge < -0.3 is 4.74 Å². The minimum atomic E-state index is -0.489. The molecule has 1 aromatic carbocycles. The Hall–Kier alpha value is -2.81. The molecule has 0 radical (unpaired) electrons. The Kier molecular flexibility index (Phi) is 4.89. The van der Waals surface area contributed by atoms with E-state index in [1.54, 1.807) is 6.20 Å². The normalized spacial score (nSPS) is 10.8. The quantitative estimate of drug-likeness (QED) is 0.647. The number of alkyl halides is 1. The van der Waals surface area contributed by atoms with Crippen LogP contribution in [0.3, 0.4) is 0 Å². The maximum Gasteiger partial charge on any atom is 0.203 e. The first-order chi connectivity index (χ1) is 11.3. The van der Waals surface area contributed by atoms with E-state index in [0.717, 1.165) is 11.1 Å². The van der Waals surface area contributed by atoms with Gasteiger partial charge in [0.1, 0.15) is 12.4 Å². The molecule has 0 aliphatic rings. The first-order valence-corrected chi connectivity index (χ1v) is 6.97. The maximum absolute atomic E-state index is 12.2. The topological polar surface area (TPSA) is 91.5 Å². The van der Waals surface area contributed by atoms with Gasteiger partial charge in [-0.3, -0.25) is 0 Å². The van der Waals surface area contributed by atoms with Crippen LogP contribution >= 0.6 is 0 Å². The SMILES string of the molecule is [18F]CCn1ncc(COCc2ccc(-c3nncnn3)cc2)n1. The van der Waals surface area contributed by atoms with Crippen LogP contribution in [-0.4, -0.2) is 42.1 Å². The Morgan fingerprint density at radius 3 is 2.57 bits per heavy atom. The van der Waals surface area contributed by atoms with Gasteiger partial charge in [-0.2, -0.15) is 15.0 Å². The lowest BCUT2D eigenvalue weighted by Gasteiger charge is -2.03. The average Bonchev–Trinajstić information content (AvgIpc) is 3.04.